The molecule has 38 heavy (non-hydrogen) atoms. The van der Waals surface area contributed by atoms with Gasteiger partial charge >= 0.3 is 17.9 Å². The zero-order chi connectivity index (χ0) is 27.9. The van der Waals surface area contributed by atoms with E-state index in [0.717, 1.165) is 48.7 Å². The first-order chi connectivity index (χ1) is 18.0. The third kappa shape index (κ3) is 7.35. The highest BCUT2D eigenvalue weighted by Gasteiger charge is 2.40. The zero-order valence-electron chi connectivity index (χ0n) is 21.4. The van der Waals surface area contributed by atoms with Crippen LogP contribution in [-0.2, 0) is 40.3 Å². The third-order valence-electron chi connectivity index (χ3n) is 6.14. The Balaban J connectivity index is 0.000000263. The van der Waals surface area contributed by atoms with Crippen molar-refractivity contribution in [3.63, 3.8) is 0 Å². The van der Waals surface area contributed by atoms with E-state index in [4.69, 9.17) is 34.6 Å². The van der Waals surface area contributed by atoms with Gasteiger partial charge < -0.3 is 34.6 Å². The molecule has 1 aliphatic heterocycles. The Morgan fingerprint density at radius 2 is 1.68 bits per heavy atom. The number of ether oxygens (including phenoxy) is 3. The van der Waals surface area contributed by atoms with Crippen LogP contribution in [0, 0.1) is 0 Å². The molecule has 5 N–H and O–H groups in total. The van der Waals surface area contributed by atoms with E-state index in [-0.39, 0.29) is 6.79 Å². The average molecular weight is 536 g/mol. The number of aryl methyl sites for hydroxylation is 1. The number of nitrogens with zero attached hydrogens (tertiary/aromatic N) is 2. The van der Waals surface area contributed by atoms with Crippen molar-refractivity contribution in [1.29, 1.82) is 0 Å². The van der Waals surface area contributed by atoms with Crippen LogP contribution in [0.2, 0.25) is 0 Å². The Bertz CT molecular complexity index is 1150. The summed E-state index contributed by atoms with van der Waals surface area (Å²) in [6.45, 7) is 4.50. The highest BCUT2D eigenvalue weighted by atomic mass is 16.7. The second-order valence-electron chi connectivity index (χ2n) is 9.23. The molecular weight excluding hydrogens is 502 g/mol. The van der Waals surface area contributed by atoms with E-state index >= 15 is 0 Å². The van der Waals surface area contributed by atoms with Gasteiger partial charge in [-0.3, -0.25) is 19.6 Å². The number of aromatic nitrogens is 2. The largest absolute Gasteiger partial charge is 0.493 e. The Kier molecular flexibility index (Phi) is 9.53. The first-order valence-corrected chi connectivity index (χ1v) is 12.2. The number of aliphatic hydroxyl groups is 1. The molecule has 13 heteroatoms. The molecule has 2 aliphatic rings. The van der Waals surface area contributed by atoms with Gasteiger partial charge in [-0.25, -0.2) is 4.79 Å². The lowest BCUT2D eigenvalue weighted by Gasteiger charge is -2.19. The summed E-state index contributed by atoms with van der Waals surface area (Å²) < 4.78 is 16.8. The lowest BCUT2D eigenvalue weighted by Crippen LogP contribution is -2.42. The summed E-state index contributed by atoms with van der Waals surface area (Å²) in [6, 6.07) is 3.97. The van der Waals surface area contributed by atoms with Crippen LogP contribution in [0.4, 0.5) is 0 Å². The minimum absolute atomic E-state index is 0.277. The van der Waals surface area contributed by atoms with Crippen LogP contribution in [0.15, 0.2) is 12.1 Å². The Labute approximate surface area is 218 Å². The number of carboxylic acid groups (broad SMARTS) is 3. The van der Waals surface area contributed by atoms with E-state index in [9.17, 15) is 14.4 Å². The molecule has 0 fully saturated rings. The van der Waals surface area contributed by atoms with Gasteiger partial charge in [-0.2, -0.15) is 5.10 Å². The molecule has 1 aromatic carbocycles. The summed E-state index contributed by atoms with van der Waals surface area (Å²) in [5.74, 6) is -2.60. The highest BCUT2D eigenvalue weighted by Crippen LogP contribution is 2.38. The second kappa shape index (κ2) is 12.6. The van der Waals surface area contributed by atoms with E-state index in [0.29, 0.717) is 6.61 Å². The summed E-state index contributed by atoms with van der Waals surface area (Å²) in [5, 5.41) is 41.6. The van der Waals surface area contributed by atoms with E-state index in [1.807, 2.05) is 19.1 Å². The van der Waals surface area contributed by atoms with Crippen molar-refractivity contribution in [2.45, 2.75) is 64.1 Å². The molecule has 0 saturated heterocycles. The summed E-state index contributed by atoms with van der Waals surface area (Å²) in [5.41, 5.74) is 2.30. The number of hydrogen-bond donors (Lipinski definition) is 5. The van der Waals surface area contributed by atoms with Gasteiger partial charge in [-0.1, -0.05) is 0 Å². The Hall–Kier alpha value is -3.84. The van der Waals surface area contributed by atoms with Gasteiger partial charge in [-0.05, 0) is 51.3 Å². The number of H-pyrrole nitrogens is 1. The molecule has 208 valence electrons. The van der Waals surface area contributed by atoms with Gasteiger partial charge in [0.1, 0.15) is 5.75 Å². The van der Waals surface area contributed by atoms with Gasteiger partial charge in [-0.15, -0.1) is 0 Å². The number of nitrogens with one attached hydrogen (secondary N) is 1. The topological polar surface area (TPSA) is 192 Å². The van der Waals surface area contributed by atoms with Crippen molar-refractivity contribution < 1.29 is 49.0 Å². The third-order valence-corrected chi connectivity index (χ3v) is 6.14. The van der Waals surface area contributed by atoms with Crippen molar-refractivity contribution in [1.82, 2.24) is 15.1 Å². The molecule has 0 spiro atoms. The minimum Gasteiger partial charge on any atom is -0.493 e. The fourth-order valence-electron chi connectivity index (χ4n) is 4.38. The number of rotatable bonds is 11. The molecule has 13 nitrogen and oxygen atoms in total. The molecule has 2 aromatic rings. The molecule has 0 atom stereocenters. The maximum atomic E-state index is 10.3. The highest BCUT2D eigenvalue weighted by molar-refractivity contribution is 5.88. The molecule has 0 saturated carbocycles. The molecule has 1 aliphatic carbocycles. The van der Waals surface area contributed by atoms with Crippen molar-refractivity contribution in [2.75, 3.05) is 20.4 Å². The Morgan fingerprint density at radius 3 is 2.29 bits per heavy atom. The van der Waals surface area contributed by atoms with Gasteiger partial charge in [0.15, 0.2) is 17.1 Å². The van der Waals surface area contributed by atoms with Gasteiger partial charge in [0.2, 0.25) is 6.79 Å². The zero-order valence-corrected chi connectivity index (χ0v) is 21.4. The fourth-order valence-corrected chi connectivity index (χ4v) is 4.38. The maximum absolute atomic E-state index is 10.3. The number of fused-ring (bicyclic) bond motifs is 2. The van der Waals surface area contributed by atoms with Gasteiger partial charge in [0.25, 0.3) is 0 Å². The number of aromatic amines is 1. The summed E-state index contributed by atoms with van der Waals surface area (Å²) >= 11 is 0. The van der Waals surface area contributed by atoms with Crippen molar-refractivity contribution in [3.8, 4) is 17.2 Å². The first-order valence-electron chi connectivity index (χ1n) is 12.2. The average Bonchev–Trinajstić information content (AvgIpc) is 3.45. The molecule has 0 unspecified atom stereocenters. The second-order valence-corrected chi connectivity index (χ2v) is 9.23. The number of carboxylic acids is 3. The van der Waals surface area contributed by atoms with Crippen LogP contribution in [0.25, 0.3) is 0 Å². The van der Waals surface area contributed by atoms with Gasteiger partial charge in [0.05, 0.1) is 25.1 Å². The number of benzene rings is 1. The van der Waals surface area contributed by atoms with E-state index in [1.54, 1.807) is 0 Å². The number of carbonyl (C=O) groups is 3. The Morgan fingerprint density at radius 1 is 1.05 bits per heavy atom. The quantitative estimate of drug-likeness (QED) is 0.281. The standard InChI is InChI=1S/C19H25N3O3.C6H8O7/c1-3-23-17-9-19-18(24-12-25-19)8-13(17)10-22(2)11-16-14-6-4-5-7-15(14)20-21-16;7-3(8)1-6(13,5(11)12)2-4(9)10/h8-9H,3-7,10-12H2,1-2H3,(H,20,21);13H,1-2H2,(H,7,8)(H,9,10)(H,11,12). The van der Waals surface area contributed by atoms with E-state index in [2.05, 4.69) is 22.1 Å². The van der Waals surface area contributed by atoms with Crippen LogP contribution in [0.5, 0.6) is 17.2 Å². The molecule has 1 aromatic heterocycles. The van der Waals surface area contributed by atoms with Crippen LogP contribution < -0.4 is 14.2 Å². The lowest BCUT2D eigenvalue weighted by atomic mass is 9.96. The molecule has 2 heterocycles. The predicted molar refractivity (Wildman–Crippen MR) is 131 cm³/mol. The van der Waals surface area contributed by atoms with Crippen molar-refractivity contribution in [3.05, 3.63) is 34.6 Å². The summed E-state index contributed by atoms with van der Waals surface area (Å²) in [6.07, 6.45) is 2.51. The van der Waals surface area contributed by atoms with Crippen LogP contribution in [0.1, 0.15) is 55.1 Å². The monoisotopic (exact) mass is 535 g/mol. The summed E-state index contributed by atoms with van der Waals surface area (Å²) in [7, 11) is 2.12. The molecular formula is C25H33N3O10. The van der Waals surface area contributed by atoms with E-state index < -0.39 is 36.4 Å². The van der Waals surface area contributed by atoms with Crippen molar-refractivity contribution in [2.24, 2.45) is 0 Å². The molecule has 0 bridgehead atoms. The smallest absolute Gasteiger partial charge is 0.336 e. The molecule has 0 amide bonds. The molecule has 4 rings (SSSR count). The van der Waals surface area contributed by atoms with Crippen LogP contribution in [-0.4, -0.2) is 79.5 Å². The minimum atomic E-state index is -2.74. The van der Waals surface area contributed by atoms with Crippen LogP contribution in [0.3, 0.4) is 0 Å². The first kappa shape index (κ1) is 28.7. The van der Waals surface area contributed by atoms with E-state index in [1.165, 1.54) is 29.8 Å². The normalized spacial score (nSPS) is 13.9. The van der Waals surface area contributed by atoms with Gasteiger partial charge in [0, 0.05) is 30.4 Å². The SMILES string of the molecule is CCOc1cc2c(cc1CN(C)Cc1n[nH]c3c1CCCC3)OCO2.O=C(O)CC(O)(CC(=O)O)C(=O)O. The fraction of sp³-hybridized carbons (Fsp3) is 0.520. The predicted octanol–water partition coefficient (Wildman–Crippen LogP) is 1.80. The number of aliphatic carboxylic acids is 3. The van der Waals surface area contributed by atoms with Crippen molar-refractivity contribution >= 4 is 17.9 Å². The van der Waals surface area contributed by atoms with Crippen LogP contribution >= 0.6 is 0 Å². The molecule has 0 radical (unpaired) electrons. The maximum Gasteiger partial charge on any atom is 0.336 e. The summed E-state index contributed by atoms with van der Waals surface area (Å²) in [4.78, 5) is 32.8. The number of hydrogen-bond acceptors (Lipinski definition) is 9. The lowest BCUT2D eigenvalue weighted by molar-refractivity contribution is -0.170.